The Morgan fingerprint density at radius 1 is 1.04 bits per heavy atom. The number of halogens is 1. The molecule has 5 heteroatoms. The van der Waals surface area contributed by atoms with Gasteiger partial charge >= 0.3 is 0 Å². The van der Waals surface area contributed by atoms with Crippen LogP contribution >= 0.6 is 11.6 Å². The van der Waals surface area contributed by atoms with Crippen molar-refractivity contribution >= 4 is 23.4 Å². The molecule has 0 spiro atoms. The maximum atomic E-state index is 12.6. The molecule has 0 aromatic heterocycles. The van der Waals surface area contributed by atoms with Crippen molar-refractivity contribution in [3.63, 3.8) is 0 Å². The average Bonchev–Trinajstić information content (AvgIpc) is 2.81. The lowest BCUT2D eigenvalue weighted by Gasteiger charge is -2.25. The molecule has 1 aromatic rings. The summed E-state index contributed by atoms with van der Waals surface area (Å²) in [4.78, 5) is 28.9. The van der Waals surface area contributed by atoms with Gasteiger partial charge in [-0.25, -0.2) is 0 Å². The molecule has 1 heterocycles. The largest absolute Gasteiger partial charge is 0.341 e. The lowest BCUT2D eigenvalue weighted by Crippen LogP contribution is -2.39. The molecule has 0 N–H and O–H groups in total. The predicted molar refractivity (Wildman–Crippen MR) is 92.6 cm³/mol. The molecule has 2 rings (SSSR count). The van der Waals surface area contributed by atoms with E-state index < -0.39 is 0 Å². The summed E-state index contributed by atoms with van der Waals surface area (Å²) < 4.78 is 0. The van der Waals surface area contributed by atoms with Crippen molar-refractivity contribution in [3.8, 4) is 0 Å². The van der Waals surface area contributed by atoms with Crippen LogP contribution in [0.2, 0.25) is 5.02 Å². The van der Waals surface area contributed by atoms with Crippen LogP contribution in [0.3, 0.4) is 0 Å². The molecular weight excluding hydrogens is 312 g/mol. The van der Waals surface area contributed by atoms with Crippen LogP contribution in [-0.4, -0.2) is 47.8 Å². The van der Waals surface area contributed by atoms with Gasteiger partial charge < -0.3 is 9.80 Å². The number of carbonyl (C=O) groups is 2. The molecule has 1 aliphatic rings. The number of hydrogen-bond acceptors (Lipinski definition) is 2. The van der Waals surface area contributed by atoms with Crippen molar-refractivity contribution in [3.05, 3.63) is 34.9 Å². The standard InChI is InChI=1S/C18H25ClN2O2/c1-3-14(4-2)17(22)20-10-7-11-21(13-12-20)18(23)15-8-5-6-9-16(15)19/h5-6,8-9,14H,3-4,7,10-13H2,1-2H3. The van der Waals surface area contributed by atoms with Crippen molar-refractivity contribution in [1.29, 1.82) is 0 Å². The lowest BCUT2D eigenvalue weighted by atomic mass is 10.0. The Morgan fingerprint density at radius 3 is 2.30 bits per heavy atom. The first kappa shape index (κ1) is 17.8. The zero-order valence-electron chi connectivity index (χ0n) is 13.9. The van der Waals surface area contributed by atoms with Gasteiger partial charge in [-0.2, -0.15) is 0 Å². The van der Waals surface area contributed by atoms with E-state index >= 15 is 0 Å². The third kappa shape index (κ3) is 4.25. The number of rotatable bonds is 4. The molecule has 0 unspecified atom stereocenters. The first-order chi connectivity index (χ1) is 11.1. The Balaban J connectivity index is 2.02. The maximum Gasteiger partial charge on any atom is 0.255 e. The molecule has 0 bridgehead atoms. The van der Waals surface area contributed by atoms with Gasteiger partial charge in [0.2, 0.25) is 5.91 Å². The molecule has 4 nitrogen and oxygen atoms in total. The van der Waals surface area contributed by atoms with Gasteiger partial charge in [0, 0.05) is 32.1 Å². The fraction of sp³-hybridized carbons (Fsp3) is 0.556. The quantitative estimate of drug-likeness (QED) is 0.845. The van der Waals surface area contributed by atoms with E-state index in [1.165, 1.54) is 0 Å². The normalized spacial score (nSPS) is 15.7. The molecule has 126 valence electrons. The van der Waals surface area contributed by atoms with E-state index in [1.54, 1.807) is 17.0 Å². The van der Waals surface area contributed by atoms with Gasteiger partial charge in [-0.1, -0.05) is 37.6 Å². The summed E-state index contributed by atoms with van der Waals surface area (Å²) in [5.41, 5.74) is 0.536. The van der Waals surface area contributed by atoms with E-state index in [0.717, 1.165) is 25.8 Å². The van der Waals surface area contributed by atoms with E-state index in [4.69, 9.17) is 11.6 Å². The first-order valence-corrected chi connectivity index (χ1v) is 8.78. The van der Waals surface area contributed by atoms with Crippen molar-refractivity contribution in [1.82, 2.24) is 9.80 Å². The van der Waals surface area contributed by atoms with E-state index in [2.05, 4.69) is 13.8 Å². The Bertz CT molecular complexity index is 558. The van der Waals surface area contributed by atoms with E-state index in [1.807, 2.05) is 17.0 Å². The van der Waals surface area contributed by atoms with Crippen molar-refractivity contribution < 1.29 is 9.59 Å². The van der Waals surface area contributed by atoms with Gasteiger partial charge in [-0.05, 0) is 31.4 Å². The molecular formula is C18H25ClN2O2. The minimum absolute atomic E-state index is 0.0487. The van der Waals surface area contributed by atoms with Gasteiger partial charge in [0.1, 0.15) is 0 Å². The molecule has 1 saturated heterocycles. The Hall–Kier alpha value is -1.55. The summed E-state index contributed by atoms with van der Waals surface area (Å²) in [6, 6.07) is 7.12. The minimum Gasteiger partial charge on any atom is -0.341 e. The van der Waals surface area contributed by atoms with E-state index in [9.17, 15) is 9.59 Å². The van der Waals surface area contributed by atoms with Crippen LogP contribution in [-0.2, 0) is 4.79 Å². The van der Waals surface area contributed by atoms with Crippen LogP contribution in [0.4, 0.5) is 0 Å². The second-order valence-corrected chi connectivity index (χ2v) is 6.37. The fourth-order valence-corrected chi connectivity index (χ4v) is 3.26. The van der Waals surface area contributed by atoms with E-state index in [0.29, 0.717) is 30.2 Å². The van der Waals surface area contributed by atoms with Crippen LogP contribution in [0, 0.1) is 5.92 Å². The smallest absolute Gasteiger partial charge is 0.255 e. The first-order valence-electron chi connectivity index (χ1n) is 8.41. The zero-order valence-corrected chi connectivity index (χ0v) is 14.7. The SMILES string of the molecule is CCC(CC)C(=O)N1CCCN(C(=O)c2ccccc2Cl)CC1. The summed E-state index contributed by atoms with van der Waals surface area (Å²) in [6.45, 7) is 6.66. The molecule has 23 heavy (non-hydrogen) atoms. The highest BCUT2D eigenvalue weighted by atomic mass is 35.5. The minimum atomic E-state index is -0.0487. The molecule has 1 fully saturated rings. The maximum absolute atomic E-state index is 12.6. The molecule has 0 radical (unpaired) electrons. The van der Waals surface area contributed by atoms with Crippen LogP contribution in [0.25, 0.3) is 0 Å². The van der Waals surface area contributed by atoms with Crippen molar-refractivity contribution in [2.75, 3.05) is 26.2 Å². The highest BCUT2D eigenvalue weighted by Crippen LogP contribution is 2.19. The lowest BCUT2D eigenvalue weighted by molar-refractivity contribution is -0.135. The van der Waals surface area contributed by atoms with E-state index in [-0.39, 0.29) is 17.7 Å². The average molecular weight is 337 g/mol. The van der Waals surface area contributed by atoms with Crippen LogP contribution in [0.5, 0.6) is 0 Å². The number of nitrogens with zero attached hydrogens (tertiary/aromatic N) is 2. The summed E-state index contributed by atoms with van der Waals surface area (Å²) in [7, 11) is 0. The second-order valence-electron chi connectivity index (χ2n) is 5.96. The molecule has 2 amide bonds. The highest BCUT2D eigenvalue weighted by Gasteiger charge is 2.26. The predicted octanol–water partition coefficient (Wildman–Crippen LogP) is 3.45. The molecule has 0 saturated carbocycles. The van der Waals surface area contributed by atoms with Crippen LogP contribution in [0.15, 0.2) is 24.3 Å². The summed E-state index contributed by atoms with van der Waals surface area (Å²) >= 11 is 6.13. The second kappa shape index (κ2) is 8.34. The number of amides is 2. The third-order valence-electron chi connectivity index (χ3n) is 4.53. The van der Waals surface area contributed by atoms with Crippen molar-refractivity contribution in [2.24, 2.45) is 5.92 Å². The Labute approximate surface area is 143 Å². The zero-order chi connectivity index (χ0) is 16.8. The summed E-state index contributed by atoms with van der Waals surface area (Å²) in [6.07, 6.45) is 2.55. The fourth-order valence-electron chi connectivity index (χ4n) is 3.04. The monoisotopic (exact) mass is 336 g/mol. The van der Waals surface area contributed by atoms with Crippen molar-refractivity contribution in [2.45, 2.75) is 33.1 Å². The Morgan fingerprint density at radius 2 is 1.65 bits per heavy atom. The topological polar surface area (TPSA) is 40.6 Å². The van der Waals surface area contributed by atoms with Gasteiger partial charge in [-0.3, -0.25) is 9.59 Å². The summed E-state index contributed by atoms with van der Waals surface area (Å²) in [5, 5.41) is 0.478. The third-order valence-corrected chi connectivity index (χ3v) is 4.86. The summed E-state index contributed by atoms with van der Waals surface area (Å²) in [5.74, 6) is 0.273. The number of hydrogen-bond donors (Lipinski definition) is 0. The van der Waals surface area contributed by atoms with Gasteiger partial charge in [-0.15, -0.1) is 0 Å². The molecule has 0 aliphatic carbocycles. The van der Waals surface area contributed by atoms with Gasteiger partial charge in [0.05, 0.1) is 10.6 Å². The van der Waals surface area contributed by atoms with Gasteiger partial charge in [0.15, 0.2) is 0 Å². The molecule has 0 atom stereocenters. The number of carbonyl (C=O) groups excluding carboxylic acids is 2. The van der Waals surface area contributed by atoms with Crippen LogP contribution < -0.4 is 0 Å². The van der Waals surface area contributed by atoms with Crippen LogP contribution in [0.1, 0.15) is 43.5 Å². The molecule has 1 aliphatic heterocycles. The van der Waals surface area contributed by atoms with Gasteiger partial charge in [0.25, 0.3) is 5.91 Å². The number of benzene rings is 1. The Kier molecular flexibility index (Phi) is 6.46. The molecule has 1 aromatic carbocycles. The highest BCUT2D eigenvalue weighted by molar-refractivity contribution is 6.33.